The summed E-state index contributed by atoms with van der Waals surface area (Å²) < 4.78 is 26.9. The number of rotatable bonds is 9. The molecule has 1 saturated heterocycles. The molecule has 2 fully saturated rings. The maximum absolute atomic E-state index is 14.9. The highest BCUT2D eigenvalue weighted by Crippen LogP contribution is 2.36. The lowest BCUT2D eigenvalue weighted by molar-refractivity contribution is -0.148. The van der Waals surface area contributed by atoms with Gasteiger partial charge in [-0.25, -0.2) is 9.18 Å². The summed E-state index contributed by atoms with van der Waals surface area (Å²) in [7, 11) is 1.31. The maximum atomic E-state index is 14.9. The fraction of sp³-hybridized carbons (Fsp3) is 0.583. The maximum Gasteiger partial charge on any atom is 0.406 e. The number of aromatic nitrogens is 3. The van der Waals surface area contributed by atoms with Crippen molar-refractivity contribution in [3.63, 3.8) is 0 Å². The molecule has 0 spiro atoms. The number of amides is 2. The molecule has 1 aliphatic heterocycles. The van der Waals surface area contributed by atoms with Crippen LogP contribution in [-0.2, 0) is 20.8 Å². The van der Waals surface area contributed by atoms with Crippen molar-refractivity contribution in [3.8, 4) is 11.4 Å². The molecule has 0 unspecified atom stereocenters. The number of aryl methyl sites for hydroxylation is 2. The Morgan fingerprint density at radius 2 is 2.20 bits per heavy atom. The van der Waals surface area contributed by atoms with Gasteiger partial charge in [-0.1, -0.05) is 0 Å². The van der Waals surface area contributed by atoms with Crippen LogP contribution in [0, 0.1) is 12.7 Å². The van der Waals surface area contributed by atoms with Crippen molar-refractivity contribution in [3.05, 3.63) is 35.4 Å². The van der Waals surface area contributed by atoms with Gasteiger partial charge >= 0.3 is 6.09 Å². The van der Waals surface area contributed by atoms with Gasteiger partial charge in [0.25, 0.3) is 5.91 Å². The van der Waals surface area contributed by atoms with Gasteiger partial charge in [0.05, 0.1) is 31.1 Å². The van der Waals surface area contributed by atoms with Crippen LogP contribution in [0.5, 0.6) is 0 Å². The van der Waals surface area contributed by atoms with Gasteiger partial charge in [-0.15, -0.1) is 0 Å². The fourth-order valence-electron chi connectivity index (χ4n) is 4.29. The Morgan fingerprint density at radius 3 is 2.86 bits per heavy atom. The molecule has 0 aromatic carbocycles. The van der Waals surface area contributed by atoms with E-state index in [1.165, 1.54) is 13.2 Å². The summed E-state index contributed by atoms with van der Waals surface area (Å²) in [6, 6.07) is 3.08. The Balaban J connectivity index is 1.60. The van der Waals surface area contributed by atoms with E-state index in [4.69, 9.17) is 9.84 Å². The summed E-state index contributed by atoms with van der Waals surface area (Å²) in [5, 5.41) is 10.6. The van der Waals surface area contributed by atoms with Crippen molar-refractivity contribution < 1.29 is 23.5 Å². The smallest absolute Gasteiger partial charge is 0.406 e. The fourth-order valence-corrected chi connectivity index (χ4v) is 4.29. The SMILES string of the molecule is COC(=O)NCCCn1nc([C@@H](C)N(C(=O)[C@H]2CNCCO2)C2CC2)cc1-c1ncc(C)cc1F. The van der Waals surface area contributed by atoms with E-state index in [0.29, 0.717) is 44.0 Å². The molecule has 2 amide bonds. The van der Waals surface area contributed by atoms with Crippen molar-refractivity contribution >= 4 is 12.0 Å². The third-order valence-corrected chi connectivity index (χ3v) is 6.26. The van der Waals surface area contributed by atoms with Crippen LogP contribution in [0.4, 0.5) is 9.18 Å². The van der Waals surface area contributed by atoms with E-state index < -0.39 is 18.0 Å². The number of methoxy groups -OCH3 is 1. The van der Waals surface area contributed by atoms with Gasteiger partial charge < -0.3 is 25.0 Å². The highest BCUT2D eigenvalue weighted by atomic mass is 19.1. The first-order valence-electron chi connectivity index (χ1n) is 12.1. The van der Waals surface area contributed by atoms with E-state index in [0.717, 1.165) is 24.9 Å². The summed E-state index contributed by atoms with van der Waals surface area (Å²) in [6.07, 6.45) is 3.02. The average molecular weight is 489 g/mol. The number of hydrogen-bond acceptors (Lipinski definition) is 7. The van der Waals surface area contributed by atoms with Crippen LogP contribution >= 0.6 is 0 Å². The Bertz CT molecular complexity index is 1050. The Labute approximate surface area is 204 Å². The number of halogens is 1. The zero-order valence-corrected chi connectivity index (χ0v) is 20.4. The molecule has 2 aromatic heterocycles. The van der Waals surface area contributed by atoms with Gasteiger partial charge in [0.1, 0.15) is 11.8 Å². The van der Waals surface area contributed by atoms with Crippen LogP contribution in [-0.4, -0.2) is 77.2 Å². The molecule has 190 valence electrons. The van der Waals surface area contributed by atoms with Gasteiger partial charge in [0.15, 0.2) is 5.82 Å². The first-order chi connectivity index (χ1) is 16.9. The van der Waals surface area contributed by atoms with E-state index in [2.05, 4.69) is 20.4 Å². The van der Waals surface area contributed by atoms with E-state index in [1.54, 1.807) is 17.8 Å². The molecule has 4 rings (SSSR count). The second-order valence-corrected chi connectivity index (χ2v) is 9.01. The minimum atomic E-state index is -0.519. The zero-order chi connectivity index (χ0) is 24.9. The number of carbonyl (C=O) groups is 2. The summed E-state index contributed by atoms with van der Waals surface area (Å²) in [5.41, 5.74) is 2.11. The van der Waals surface area contributed by atoms with Crippen molar-refractivity contribution in [1.29, 1.82) is 0 Å². The molecule has 3 heterocycles. The minimum absolute atomic E-state index is 0.0507. The van der Waals surface area contributed by atoms with Crippen molar-refractivity contribution in [2.24, 2.45) is 0 Å². The molecule has 11 heteroatoms. The standard InChI is InChI=1S/C24H33FN6O4/c1-15-11-18(25)22(28-13-15)20-12-19(29-30(20)9-4-7-27-24(33)34-3)16(2)31(17-5-6-17)23(32)21-14-26-8-10-35-21/h11-13,16-17,21,26H,4-10,14H2,1-3H3,(H,27,33)/t16-,21-/m1/s1. The number of morpholine rings is 1. The van der Waals surface area contributed by atoms with Gasteiger partial charge in [-0.3, -0.25) is 14.5 Å². The molecule has 2 N–H and O–H groups in total. The Kier molecular flexibility index (Phi) is 7.97. The average Bonchev–Trinajstić information content (AvgIpc) is 3.60. The number of carbonyl (C=O) groups excluding carboxylic acids is 2. The molecule has 2 atom stereocenters. The van der Waals surface area contributed by atoms with Crippen LogP contribution in [0.3, 0.4) is 0 Å². The quantitative estimate of drug-likeness (QED) is 0.521. The second-order valence-electron chi connectivity index (χ2n) is 9.01. The van der Waals surface area contributed by atoms with Gasteiger partial charge in [0.2, 0.25) is 0 Å². The molecule has 0 bridgehead atoms. The Hall–Kier alpha value is -3.05. The Morgan fingerprint density at radius 1 is 1.40 bits per heavy atom. The summed E-state index contributed by atoms with van der Waals surface area (Å²) in [5.74, 6) is -0.486. The van der Waals surface area contributed by atoms with E-state index in [9.17, 15) is 14.0 Å². The minimum Gasteiger partial charge on any atom is -0.453 e. The van der Waals surface area contributed by atoms with Crippen LogP contribution in [0.2, 0.25) is 0 Å². The third-order valence-electron chi connectivity index (χ3n) is 6.26. The zero-order valence-electron chi connectivity index (χ0n) is 20.4. The summed E-state index contributed by atoms with van der Waals surface area (Å²) in [4.78, 5) is 30.9. The lowest BCUT2D eigenvalue weighted by atomic mass is 10.1. The molecular weight excluding hydrogens is 455 g/mol. The second kappa shape index (κ2) is 11.1. The van der Waals surface area contributed by atoms with Gasteiger partial charge in [-0.05, 0) is 50.8 Å². The predicted molar refractivity (Wildman–Crippen MR) is 126 cm³/mol. The monoisotopic (exact) mass is 488 g/mol. The van der Waals surface area contributed by atoms with Gasteiger partial charge in [-0.2, -0.15) is 5.10 Å². The van der Waals surface area contributed by atoms with Crippen molar-refractivity contribution in [2.75, 3.05) is 33.4 Å². The van der Waals surface area contributed by atoms with E-state index in [1.807, 2.05) is 17.9 Å². The van der Waals surface area contributed by atoms with Crippen LogP contribution in [0.15, 0.2) is 18.3 Å². The highest BCUT2D eigenvalue weighted by molar-refractivity contribution is 5.82. The number of hydrogen-bond donors (Lipinski definition) is 2. The normalized spacial score (nSPS) is 18.7. The van der Waals surface area contributed by atoms with Crippen molar-refractivity contribution in [1.82, 2.24) is 30.3 Å². The summed E-state index contributed by atoms with van der Waals surface area (Å²) in [6.45, 7) is 6.25. The number of alkyl carbamates (subject to hydrolysis) is 1. The lowest BCUT2D eigenvalue weighted by Crippen LogP contribution is -2.50. The molecule has 2 aliphatic rings. The van der Waals surface area contributed by atoms with E-state index >= 15 is 0 Å². The molecule has 0 radical (unpaired) electrons. The summed E-state index contributed by atoms with van der Waals surface area (Å²) >= 11 is 0. The van der Waals surface area contributed by atoms with Crippen LogP contribution < -0.4 is 10.6 Å². The van der Waals surface area contributed by atoms with Crippen molar-refractivity contribution in [2.45, 2.75) is 57.8 Å². The largest absolute Gasteiger partial charge is 0.453 e. The highest BCUT2D eigenvalue weighted by Gasteiger charge is 2.40. The van der Waals surface area contributed by atoms with Crippen LogP contribution in [0.1, 0.15) is 43.5 Å². The lowest BCUT2D eigenvalue weighted by Gasteiger charge is -2.33. The number of pyridine rings is 1. The third kappa shape index (κ3) is 5.96. The molecule has 2 aromatic rings. The van der Waals surface area contributed by atoms with Crippen LogP contribution in [0.25, 0.3) is 11.4 Å². The molecule has 1 saturated carbocycles. The number of nitrogens with one attached hydrogen (secondary N) is 2. The molecule has 35 heavy (non-hydrogen) atoms. The first kappa shape index (κ1) is 25.1. The number of ether oxygens (including phenoxy) is 2. The van der Waals surface area contributed by atoms with E-state index in [-0.39, 0.29) is 23.7 Å². The predicted octanol–water partition coefficient (Wildman–Crippen LogP) is 2.18. The molecular formula is C24H33FN6O4. The number of nitrogens with zero attached hydrogens (tertiary/aromatic N) is 4. The molecule has 10 nitrogen and oxygen atoms in total. The first-order valence-corrected chi connectivity index (χ1v) is 12.1. The topological polar surface area (TPSA) is 111 Å². The van der Waals surface area contributed by atoms with Gasteiger partial charge in [0, 0.05) is 38.4 Å². The molecule has 1 aliphatic carbocycles.